The van der Waals surface area contributed by atoms with Crippen molar-refractivity contribution in [2.45, 2.75) is 36.9 Å². The number of rotatable bonds is 4. The first-order chi connectivity index (χ1) is 11.4. The zero-order chi connectivity index (χ0) is 17.2. The van der Waals surface area contributed by atoms with Crippen LogP contribution in [0.15, 0.2) is 29.2 Å². The van der Waals surface area contributed by atoms with Crippen molar-refractivity contribution in [2.24, 2.45) is 0 Å². The van der Waals surface area contributed by atoms with Crippen molar-refractivity contribution >= 4 is 15.7 Å². The van der Waals surface area contributed by atoms with Crippen LogP contribution >= 0.6 is 0 Å². The van der Waals surface area contributed by atoms with E-state index < -0.39 is 15.6 Å². The number of likely N-dealkylation sites (tertiary alicyclic amines) is 1. The van der Waals surface area contributed by atoms with Crippen molar-refractivity contribution in [2.75, 3.05) is 32.1 Å². The number of nitrogens with zero attached hydrogens (tertiary/aromatic N) is 1. The van der Waals surface area contributed by atoms with E-state index >= 15 is 0 Å². The number of ether oxygens (including phenoxy) is 2. The summed E-state index contributed by atoms with van der Waals surface area (Å²) in [5.41, 5.74) is 1.00. The first kappa shape index (κ1) is 17.4. The smallest absolute Gasteiger partial charge is 0.223 e. The van der Waals surface area contributed by atoms with E-state index in [9.17, 15) is 13.2 Å². The predicted octanol–water partition coefficient (Wildman–Crippen LogP) is 1.52. The molecule has 0 aliphatic carbocycles. The maximum atomic E-state index is 12.3. The molecule has 0 radical (unpaired) electrons. The molecule has 0 saturated carbocycles. The molecule has 0 bridgehead atoms. The van der Waals surface area contributed by atoms with Crippen molar-refractivity contribution in [3.63, 3.8) is 0 Å². The maximum Gasteiger partial charge on any atom is 0.223 e. The molecular formula is C17H23NO5S. The van der Waals surface area contributed by atoms with Crippen LogP contribution in [0.2, 0.25) is 0 Å². The molecule has 2 aliphatic heterocycles. The van der Waals surface area contributed by atoms with Gasteiger partial charge in [-0.25, -0.2) is 8.42 Å². The fourth-order valence-electron chi connectivity index (χ4n) is 3.13. The predicted molar refractivity (Wildman–Crippen MR) is 88.3 cm³/mol. The fraction of sp³-hybridized carbons (Fsp3) is 0.588. The van der Waals surface area contributed by atoms with Gasteiger partial charge in [0.05, 0.1) is 23.9 Å². The van der Waals surface area contributed by atoms with Crippen molar-refractivity contribution < 1.29 is 22.7 Å². The number of carbonyl (C=O) groups is 1. The summed E-state index contributed by atoms with van der Waals surface area (Å²) in [7, 11) is -3.43. The highest BCUT2D eigenvalue weighted by atomic mass is 32.2. The van der Waals surface area contributed by atoms with Crippen molar-refractivity contribution in [3.05, 3.63) is 29.8 Å². The van der Waals surface area contributed by atoms with Crippen LogP contribution in [-0.2, 0) is 24.1 Å². The van der Waals surface area contributed by atoms with Crippen molar-refractivity contribution in [1.29, 1.82) is 0 Å². The number of aryl methyl sites for hydroxylation is 1. The van der Waals surface area contributed by atoms with Crippen molar-refractivity contribution in [1.82, 2.24) is 4.90 Å². The van der Waals surface area contributed by atoms with Gasteiger partial charge >= 0.3 is 0 Å². The third-order valence-electron chi connectivity index (χ3n) is 4.66. The summed E-state index contributed by atoms with van der Waals surface area (Å²) in [5.74, 6) is -0.813. The van der Waals surface area contributed by atoms with Crippen LogP contribution in [0.4, 0.5) is 0 Å². The monoisotopic (exact) mass is 353 g/mol. The Morgan fingerprint density at radius 1 is 1.12 bits per heavy atom. The highest BCUT2D eigenvalue weighted by Crippen LogP contribution is 2.31. The quantitative estimate of drug-likeness (QED) is 0.821. The minimum atomic E-state index is -3.43. The van der Waals surface area contributed by atoms with E-state index in [0.29, 0.717) is 39.1 Å². The van der Waals surface area contributed by atoms with Crippen LogP contribution in [0.5, 0.6) is 0 Å². The molecule has 2 saturated heterocycles. The molecule has 0 atom stereocenters. The minimum Gasteiger partial charge on any atom is -0.347 e. The van der Waals surface area contributed by atoms with Gasteiger partial charge in [-0.3, -0.25) is 4.79 Å². The maximum absolute atomic E-state index is 12.3. The zero-order valence-electron chi connectivity index (χ0n) is 13.9. The van der Waals surface area contributed by atoms with Gasteiger partial charge in [0.2, 0.25) is 5.91 Å². The van der Waals surface area contributed by atoms with Gasteiger partial charge in [-0.2, -0.15) is 0 Å². The highest BCUT2D eigenvalue weighted by Gasteiger charge is 2.40. The molecule has 2 aliphatic rings. The van der Waals surface area contributed by atoms with Crippen LogP contribution in [0, 0.1) is 6.92 Å². The molecule has 0 N–H and O–H groups in total. The first-order valence-corrected chi connectivity index (χ1v) is 9.91. The molecule has 24 heavy (non-hydrogen) atoms. The Bertz CT molecular complexity index is 682. The lowest BCUT2D eigenvalue weighted by atomic mass is 10.0. The van der Waals surface area contributed by atoms with Gasteiger partial charge < -0.3 is 14.4 Å². The van der Waals surface area contributed by atoms with E-state index in [1.807, 2.05) is 6.92 Å². The van der Waals surface area contributed by atoms with E-state index in [1.165, 1.54) is 0 Å². The Hall–Kier alpha value is -1.44. The van der Waals surface area contributed by atoms with Crippen molar-refractivity contribution in [3.8, 4) is 0 Å². The molecule has 7 heteroatoms. The topological polar surface area (TPSA) is 72.9 Å². The van der Waals surface area contributed by atoms with E-state index in [4.69, 9.17) is 9.47 Å². The molecule has 1 aromatic carbocycles. The van der Waals surface area contributed by atoms with Gasteiger partial charge in [0, 0.05) is 32.4 Å². The average molecular weight is 353 g/mol. The van der Waals surface area contributed by atoms with E-state index in [-0.39, 0.29) is 23.0 Å². The number of hydrogen-bond donors (Lipinski definition) is 0. The number of amides is 1. The number of piperidine rings is 1. The van der Waals surface area contributed by atoms with Crippen LogP contribution < -0.4 is 0 Å². The second kappa shape index (κ2) is 6.82. The van der Waals surface area contributed by atoms with Gasteiger partial charge in [0.25, 0.3) is 0 Å². The largest absolute Gasteiger partial charge is 0.347 e. The number of sulfone groups is 1. The number of hydrogen-bond acceptors (Lipinski definition) is 5. The summed E-state index contributed by atoms with van der Waals surface area (Å²) in [5, 5.41) is 0. The molecule has 132 valence electrons. The Morgan fingerprint density at radius 3 is 2.29 bits per heavy atom. The Morgan fingerprint density at radius 2 is 1.71 bits per heavy atom. The Balaban J connectivity index is 1.53. The molecule has 2 heterocycles. The first-order valence-electron chi connectivity index (χ1n) is 8.25. The minimum absolute atomic E-state index is 0.00488. The molecule has 1 aromatic rings. The molecule has 0 unspecified atom stereocenters. The SMILES string of the molecule is Cc1ccc(S(=O)(=O)CCC(=O)N2CCC3(CC2)OCCO3)cc1. The lowest BCUT2D eigenvalue weighted by Crippen LogP contribution is -2.47. The van der Waals surface area contributed by atoms with Crippen LogP contribution in [0.3, 0.4) is 0 Å². The third kappa shape index (κ3) is 3.79. The molecule has 0 aromatic heterocycles. The molecule has 2 fully saturated rings. The third-order valence-corrected chi connectivity index (χ3v) is 6.39. The summed E-state index contributed by atoms with van der Waals surface area (Å²) in [6.07, 6.45) is 1.29. The van der Waals surface area contributed by atoms with Crippen LogP contribution in [0.25, 0.3) is 0 Å². The summed E-state index contributed by atoms with van der Waals surface area (Å²) < 4.78 is 35.9. The summed E-state index contributed by atoms with van der Waals surface area (Å²) in [6, 6.07) is 6.71. The molecular weight excluding hydrogens is 330 g/mol. The summed E-state index contributed by atoms with van der Waals surface area (Å²) in [6.45, 7) is 4.19. The molecule has 1 spiro atoms. The van der Waals surface area contributed by atoms with E-state index in [0.717, 1.165) is 5.56 Å². The summed E-state index contributed by atoms with van der Waals surface area (Å²) in [4.78, 5) is 14.3. The molecule has 3 rings (SSSR count). The lowest BCUT2D eigenvalue weighted by molar-refractivity contribution is -0.187. The van der Waals surface area contributed by atoms with Gasteiger partial charge in [0.15, 0.2) is 15.6 Å². The number of carbonyl (C=O) groups excluding carboxylic acids is 1. The van der Waals surface area contributed by atoms with E-state index in [2.05, 4.69) is 0 Å². The fourth-order valence-corrected chi connectivity index (χ4v) is 4.36. The second-order valence-electron chi connectivity index (χ2n) is 6.37. The number of benzene rings is 1. The van der Waals surface area contributed by atoms with Gasteiger partial charge in [0.1, 0.15) is 0 Å². The molecule has 6 nitrogen and oxygen atoms in total. The molecule has 1 amide bonds. The van der Waals surface area contributed by atoms with Crippen LogP contribution in [-0.4, -0.2) is 57.1 Å². The standard InChI is InChI=1S/C17H23NO5S/c1-14-2-4-15(5-3-14)24(20,21)13-6-16(19)18-9-7-17(8-10-18)22-11-12-23-17/h2-5H,6-13H2,1H3. The van der Waals surface area contributed by atoms with Gasteiger partial charge in [-0.15, -0.1) is 0 Å². The van der Waals surface area contributed by atoms with E-state index in [1.54, 1.807) is 29.2 Å². The normalized spacial score (nSPS) is 20.5. The average Bonchev–Trinajstić information content (AvgIpc) is 3.02. The summed E-state index contributed by atoms with van der Waals surface area (Å²) >= 11 is 0. The zero-order valence-corrected chi connectivity index (χ0v) is 14.7. The van der Waals surface area contributed by atoms with Crippen LogP contribution in [0.1, 0.15) is 24.8 Å². The lowest BCUT2D eigenvalue weighted by Gasteiger charge is -2.37. The van der Waals surface area contributed by atoms with Gasteiger partial charge in [-0.05, 0) is 19.1 Å². The Labute approximate surface area is 142 Å². The van der Waals surface area contributed by atoms with Gasteiger partial charge in [-0.1, -0.05) is 17.7 Å². The Kier molecular flexibility index (Phi) is 4.94. The second-order valence-corrected chi connectivity index (χ2v) is 8.48. The highest BCUT2D eigenvalue weighted by molar-refractivity contribution is 7.91.